The molecule has 142 valence electrons. The highest BCUT2D eigenvalue weighted by Gasteiger charge is 2.62. The van der Waals surface area contributed by atoms with Crippen LogP contribution >= 0.6 is 0 Å². The average molecular weight is 350 g/mol. The van der Waals surface area contributed by atoms with E-state index in [9.17, 15) is 10.2 Å². The van der Waals surface area contributed by atoms with Crippen LogP contribution in [0.15, 0.2) is 17.1 Å². The molecular weight excluding hydrogens is 314 g/mol. The normalized spacial score (nSPS) is 46.6. The molecule has 4 saturated carbocycles. The molecule has 0 amide bonds. The van der Waals surface area contributed by atoms with E-state index < -0.39 is 11.2 Å². The molecule has 4 fully saturated rings. The molecule has 0 aromatic heterocycles. The van der Waals surface area contributed by atoms with E-state index in [2.05, 4.69) is 23.8 Å². The van der Waals surface area contributed by atoms with Crippen LogP contribution in [0.3, 0.4) is 0 Å². The number of hydrogen-bond donors (Lipinski definition) is 4. The number of aliphatic imine (C=N–C) groups is 1. The molecule has 4 aliphatic rings. The zero-order valence-corrected chi connectivity index (χ0v) is 16.0. The number of nitrogens with zero attached hydrogens (tertiary/aromatic N) is 1. The van der Waals surface area contributed by atoms with Gasteiger partial charge in [-0.05, 0) is 82.0 Å². The Balaban J connectivity index is 1.87. The van der Waals surface area contributed by atoms with Gasteiger partial charge in [0, 0.05) is 13.6 Å². The van der Waals surface area contributed by atoms with Crippen molar-refractivity contribution in [2.75, 3.05) is 13.6 Å². The first-order valence-electron chi connectivity index (χ1n) is 9.77. The molecule has 5 N–H and O–H groups in total. The van der Waals surface area contributed by atoms with E-state index in [1.54, 1.807) is 7.05 Å². The fourth-order valence-corrected chi connectivity index (χ4v) is 6.28. The summed E-state index contributed by atoms with van der Waals surface area (Å²) >= 11 is 0. The lowest BCUT2D eigenvalue weighted by molar-refractivity contribution is -0.0854. The van der Waals surface area contributed by atoms with Crippen molar-refractivity contribution in [1.82, 2.24) is 5.32 Å². The quantitative estimate of drug-likeness (QED) is 0.355. The van der Waals surface area contributed by atoms with E-state index in [0.29, 0.717) is 36.7 Å². The molecule has 0 unspecified atom stereocenters. The average Bonchev–Trinajstić information content (AvgIpc) is 2.82. The minimum atomic E-state index is -0.743. The van der Waals surface area contributed by atoms with Gasteiger partial charge in [-0.25, -0.2) is 0 Å². The first kappa shape index (κ1) is 18.7. The number of nitrogens with two attached hydrogens (primary N) is 1. The van der Waals surface area contributed by atoms with Crippen LogP contribution in [0.5, 0.6) is 0 Å². The SMILES string of the molecule is C=C(C)[C@H]1C[C@H]2CC[C@@H]1[C@H]1[C@H](CC[C@@]1(O)CCNC(N)=NC)[C@]2(C)O. The second kappa shape index (κ2) is 6.58. The van der Waals surface area contributed by atoms with Gasteiger partial charge in [0.05, 0.1) is 11.2 Å². The highest BCUT2D eigenvalue weighted by atomic mass is 16.3. The Morgan fingerprint density at radius 2 is 2.04 bits per heavy atom. The molecule has 0 saturated heterocycles. The molecule has 4 aliphatic carbocycles. The van der Waals surface area contributed by atoms with Crippen molar-refractivity contribution in [3.8, 4) is 0 Å². The Hall–Kier alpha value is -1.07. The maximum atomic E-state index is 11.6. The van der Waals surface area contributed by atoms with Crippen molar-refractivity contribution in [2.45, 2.75) is 63.6 Å². The first-order chi connectivity index (χ1) is 11.7. The lowest BCUT2D eigenvalue weighted by Gasteiger charge is -2.42. The molecule has 0 aliphatic heterocycles. The summed E-state index contributed by atoms with van der Waals surface area (Å²) in [6.07, 6.45) is 5.48. The van der Waals surface area contributed by atoms with Gasteiger partial charge in [-0.1, -0.05) is 12.2 Å². The maximum Gasteiger partial charge on any atom is 0.188 e. The second-order valence-corrected chi connectivity index (χ2v) is 8.91. The zero-order chi connectivity index (χ0) is 18.4. The lowest BCUT2D eigenvalue weighted by atomic mass is 9.65. The molecule has 2 bridgehead atoms. The van der Waals surface area contributed by atoms with Gasteiger partial charge < -0.3 is 21.3 Å². The Bertz CT molecular complexity index is 559. The minimum absolute atomic E-state index is 0.137. The zero-order valence-electron chi connectivity index (χ0n) is 16.0. The van der Waals surface area contributed by atoms with Crippen LogP contribution in [0, 0.1) is 29.6 Å². The van der Waals surface area contributed by atoms with Gasteiger partial charge in [0.15, 0.2) is 5.96 Å². The van der Waals surface area contributed by atoms with E-state index in [4.69, 9.17) is 5.73 Å². The molecule has 5 heteroatoms. The molecule has 5 nitrogen and oxygen atoms in total. The van der Waals surface area contributed by atoms with Crippen LogP contribution in [0.1, 0.15) is 52.4 Å². The number of fused-ring (bicyclic) bond motifs is 2. The number of aliphatic hydroxyl groups is 2. The Morgan fingerprint density at radius 3 is 2.68 bits per heavy atom. The van der Waals surface area contributed by atoms with E-state index in [1.807, 2.05) is 6.92 Å². The predicted molar refractivity (Wildman–Crippen MR) is 101 cm³/mol. The second-order valence-electron chi connectivity index (χ2n) is 8.91. The standard InChI is InChI=1S/C20H35N3O2/c1-12(2)15-11-13-5-6-14(15)17-16(19(13,3)24)7-8-20(17,25)9-10-23-18(21)22-4/h13-17,24-25H,1,5-11H2,2-4H3,(H3,21,22,23)/t13-,14+,15-,16+,17+,19-,20-/m1/s1. The van der Waals surface area contributed by atoms with Gasteiger partial charge in [0.1, 0.15) is 0 Å². The van der Waals surface area contributed by atoms with Gasteiger partial charge >= 0.3 is 0 Å². The van der Waals surface area contributed by atoms with E-state index in [0.717, 1.165) is 32.1 Å². The highest BCUT2D eigenvalue weighted by Crippen LogP contribution is 2.62. The van der Waals surface area contributed by atoms with Gasteiger partial charge in [-0.15, -0.1) is 0 Å². The largest absolute Gasteiger partial charge is 0.390 e. The summed E-state index contributed by atoms with van der Waals surface area (Å²) < 4.78 is 0. The summed E-state index contributed by atoms with van der Waals surface area (Å²) in [5, 5.41) is 26.1. The third-order valence-electron chi connectivity index (χ3n) is 7.62. The van der Waals surface area contributed by atoms with Crippen LogP contribution in [-0.4, -0.2) is 41.0 Å². The number of allylic oxidation sites excluding steroid dienone is 1. The molecule has 0 heterocycles. The number of guanidine groups is 1. The van der Waals surface area contributed by atoms with Crippen molar-refractivity contribution in [2.24, 2.45) is 40.3 Å². The molecule has 0 aromatic rings. The summed E-state index contributed by atoms with van der Waals surface area (Å²) in [6.45, 7) is 8.98. The maximum absolute atomic E-state index is 11.6. The van der Waals surface area contributed by atoms with Gasteiger partial charge in [-0.3, -0.25) is 4.99 Å². The molecular formula is C20H35N3O2. The fourth-order valence-electron chi connectivity index (χ4n) is 6.28. The number of rotatable bonds is 4. The van der Waals surface area contributed by atoms with Crippen molar-refractivity contribution < 1.29 is 10.2 Å². The molecule has 0 aromatic carbocycles. The number of hydrogen-bond acceptors (Lipinski definition) is 3. The van der Waals surface area contributed by atoms with Crippen molar-refractivity contribution >= 4 is 5.96 Å². The lowest BCUT2D eigenvalue weighted by Crippen LogP contribution is -2.47. The Labute approximate surface area is 151 Å². The summed E-state index contributed by atoms with van der Waals surface area (Å²) in [6, 6.07) is 0. The van der Waals surface area contributed by atoms with Crippen LogP contribution in [0.2, 0.25) is 0 Å². The van der Waals surface area contributed by atoms with Gasteiger partial charge in [0.25, 0.3) is 0 Å². The van der Waals surface area contributed by atoms with Crippen LogP contribution in [0.25, 0.3) is 0 Å². The molecule has 4 rings (SSSR count). The molecule has 7 atom stereocenters. The Kier molecular flexibility index (Phi) is 4.93. The predicted octanol–water partition coefficient (Wildman–Crippen LogP) is 2.04. The first-order valence-corrected chi connectivity index (χ1v) is 9.77. The van der Waals surface area contributed by atoms with Crippen LogP contribution in [-0.2, 0) is 0 Å². The molecule has 25 heavy (non-hydrogen) atoms. The van der Waals surface area contributed by atoms with Crippen LogP contribution in [0.4, 0.5) is 0 Å². The molecule has 0 spiro atoms. The fraction of sp³-hybridized carbons (Fsp3) is 0.850. The van der Waals surface area contributed by atoms with E-state index >= 15 is 0 Å². The van der Waals surface area contributed by atoms with Crippen molar-refractivity contribution in [3.05, 3.63) is 12.2 Å². The summed E-state index contributed by atoms with van der Waals surface area (Å²) in [4.78, 5) is 3.92. The third-order valence-corrected chi connectivity index (χ3v) is 7.62. The molecule has 0 radical (unpaired) electrons. The summed E-state index contributed by atoms with van der Waals surface area (Å²) in [5.74, 6) is 1.89. The monoisotopic (exact) mass is 349 g/mol. The number of nitrogens with one attached hydrogen (secondary N) is 1. The van der Waals surface area contributed by atoms with Crippen molar-refractivity contribution in [1.29, 1.82) is 0 Å². The summed E-state index contributed by atoms with van der Waals surface area (Å²) in [7, 11) is 1.65. The topological polar surface area (TPSA) is 90.9 Å². The highest BCUT2D eigenvalue weighted by molar-refractivity contribution is 5.77. The van der Waals surface area contributed by atoms with Crippen LogP contribution < -0.4 is 11.1 Å². The smallest absolute Gasteiger partial charge is 0.188 e. The van der Waals surface area contributed by atoms with E-state index in [-0.39, 0.29) is 11.8 Å². The Morgan fingerprint density at radius 1 is 1.32 bits per heavy atom. The summed E-state index contributed by atoms with van der Waals surface area (Å²) in [5.41, 5.74) is 5.51. The van der Waals surface area contributed by atoms with Crippen molar-refractivity contribution in [3.63, 3.8) is 0 Å². The van der Waals surface area contributed by atoms with Gasteiger partial charge in [0.2, 0.25) is 0 Å². The van der Waals surface area contributed by atoms with Gasteiger partial charge in [-0.2, -0.15) is 0 Å². The minimum Gasteiger partial charge on any atom is -0.390 e. The third kappa shape index (κ3) is 3.10. The van der Waals surface area contributed by atoms with E-state index in [1.165, 1.54) is 5.57 Å².